The highest BCUT2D eigenvalue weighted by atomic mass is 15.1. The molecule has 0 fully saturated rings. The highest BCUT2D eigenvalue weighted by Crippen LogP contribution is 2.00. The van der Waals surface area contributed by atoms with Crippen LogP contribution in [0, 0.1) is 0 Å². The summed E-state index contributed by atoms with van der Waals surface area (Å²) in [7, 11) is 0. The van der Waals surface area contributed by atoms with E-state index < -0.39 is 0 Å². The first-order chi connectivity index (χ1) is 5.74. The van der Waals surface area contributed by atoms with Crippen molar-refractivity contribution in [1.82, 2.24) is 4.90 Å². The van der Waals surface area contributed by atoms with Crippen LogP contribution < -0.4 is 5.73 Å². The van der Waals surface area contributed by atoms with Crippen molar-refractivity contribution in [3.05, 3.63) is 0 Å². The summed E-state index contributed by atoms with van der Waals surface area (Å²) in [5.41, 5.74) is 5.92. The van der Waals surface area contributed by atoms with Crippen molar-refractivity contribution in [2.75, 3.05) is 19.6 Å². The van der Waals surface area contributed by atoms with Crippen molar-refractivity contribution in [2.24, 2.45) is 5.73 Å². The highest BCUT2D eigenvalue weighted by molar-refractivity contribution is 4.63. The maximum atomic E-state index is 5.92. The second kappa shape index (κ2) is 7.56. The molecule has 0 amide bonds. The van der Waals surface area contributed by atoms with Crippen LogP contribution in [0.15, 0.2) is 0 Å². The van der Waals surface area contributed by atoms with E-state index in [2.05, 4.69) is 25.7 Å². The molecule has 2 nitrogen and oxygen atoms in total. The zero-order valence-electron chi connectivity index (χ0n) is 8.84. The molecule has 0 aromatic carbocycles. The Morgan fingerprint density at radius 3 is 2.08 bits per heavy atom. The zero-order chi connectivity index (χ0) is 9.40. The lowest BCUT2D eigenvalue weighted by atomic mass is 10.1. The first kappa shape index (κ1) is 11.9. The van der Waals surface area contributed by atoms with Gasteiger partial charge in [-0.1, -0.05) is 27.2 Å². The first-order valence-corrected chi connectivity index (χ1v) is 5.22. The van der Waals surface area contributed by atoms with Gasteiger partial charge in [-0.25, -0.2) is 0 Å². The molecule has 0 saturated heterocycles. The predicted molar refractivity (Wildman–Crippen MR) is 55.3 cm³/mol. The molecule has 0 bridgehead atoms. The predicted octanol–water partition coefficient (Wildman–Crippen LogP) is 1.85. The third kappa shape index (κ3) is 5.56. The van der Waals surface area contributed by atoms with Crippen LogP contribution in [0.2, 0.25) is 0 Å². The molecule has 0 radical (unpaired) electrons. The van der Waals surface area contributed by atoms with Gasteiger partial charge in [-0.2, -0.15) is 0 Å². The van der Waals surface area contributed by atoms with Crippen molar-refractivity contribution in [3.63, 3.8) is 0 Å². The topological polar surface area (TPSA) is 29.3 Å². The molecule has 0 rings (SSSR count). The van der Waals surface area contributed by atoms with E-state index in [1.165, 1.54) is 12.8 Å². The number of nitrogens with two attached hydrogens (primary N) is 1. The third-order valence-electron chi connectivity index (χ3n) is 2.37. The lowest BCUT2D eigenvalue weighted by molar-refractivity contribution is 0.287. The van der Waals surface area contributed by atoms with Gasteiger partial charge in [0.1, 0.15) is 0 Å². The van der Waals surface area contributed by atoms with Crippen LogP contribution in [0.3, 0.4) is 0 Å². The van der Waals surface area contributed by atoms with E-state index in [0.29, 0.717) is 6.04 Å². The summed E-state index contributed by atoms with van der Waals surface area (Å²) in [6.07, 6.45) is 3.52. The van der Waals surface area contributed by atoms with E-state index in [1.54, 1.807) is 0 Å². The van der Waals surface area contributed by atoms with Crippen LogP contribution in [-0.2, 0) is 0 Å². The van der Waals surface area contributed by atoms with Gasteiger partial charge >= 0.3 is 0 Å². The van der Waals surface area contributed by atoms with Crippen molar-refractivity contribution >= 4 is 0 Å². The summed E-state index contributed by atoms with van der Waals surface area (Å²) in [6.45, 7) is 10.1. The lowest BCUT2D eigenvalue weighted by Crippen LogP contribution is -2.30. The minimum absolute atomic E-state index is 0.413. The monoisotopic (exact) mass is 172 g/mol. The standard InChI is InChI=1S/C10H24N2/c1-4-7-10(11)8-9-12(5-2)6-3/h10H,4-9,11H2,1-3H3. The molecule has 0 aliphatic rings. The number of rotatable bonds is 7. The van der Waals surface area contributed by atoms with Crippen LogP contribution in [0.5, 0.6) is 0 Å². The molecule has 2 N–H and O–H groups in total. The summed E-state index contributed by atoms with van der Waals surface area (Å²) < 4.78 is 0. The SMILES string of the molecule is CCCC(N)CCN(CC)CC. The average Bonchev–Trinajstić information content (AvgIpc) is 2.07. The summed E-state index contributed by atoms with van der Waals surface area (Å²) in [4.78, 5) is 2.43. The fourth-order valence-corrected chi connectivity index (χ4v) is 1.40. The summed E-state index contributed by atoms with van der Waals surface area (Å²) in [5, 5.41) is 0. The number of nitrogens with zero attached hydrogens (tertiary/aromatic N) is 1. The Morgan fingerprint density at radius 2 is 1.67 bits per heavy atom. The van der Waals surface area contributed by atoms with Gasteiger partial charge in [-0.15, -0.1) is 0 Å². The molecule has 0 aliphatic carbocycles. The first-order valence-electron chi connectivity index (χ1n) is 5.22. The Hall–Kier alpha value is -0.0800. The van der Waals surface area contributed by atoms with Gasteiger partial charge < -0.3 is 10.6 Å². The average molecular weight is 172 g/mol. The number of hydrogen-bond donors (Lipinski definition) is 1. The van der Waals surface area contributed by atoms with E-state index in [4.69, 9.17) is 5.73 Å². The van der Waals surface area contributed by atoms with Crippen LogP contribution in [0.1, 0.15) is 40.0 Å². The molecule has 1 unspecified atom stereocenters. The summed E-state index contributed by atoms with van der Waals surface area (Å²) in [6, 6.07) is 0.413. The Morgan fingerprint density at radius 1 is 1.08 bits per heavy atom. The smallest absolute Gasteiger partial charge is 0.00509 e. The molecule has 0 spiro atoms. The van der Waals surface area contributed by atoms with Gasteiger partial charge in [0.25, 0.3) is 0 Å². The summed E-state index contributed by atoms with van der Waals surface area (Å²) in [5.74, 6) is 0. The van der Waals surface area contributed by atoms with Gasteiger partial charge in [-0.3, -0.25) is 0 Å². The van der Waals surface area contributed by atoms with Crippen LogP contribution in [-0.4, -0.2) is 30.6 Å². The molecule has 0 saturated carbocycles. The Bertz CT molecular complexity index is 89.8. The Labute approximate surface area is 77.1 Å². The molecule has 0 heterocycles. The molecule has 74 valence electrons. The van der Waals surface area contributed by atoms with Gasteiger partial charge in [-0.05, 0) is 32.5 Å². The molecular formula is C10H24N2. The summed E-state index contributed by atoms with van der Waals surface area (Å²) >= 11 is 0. The maximum Gasteiger partial charge on any atom is 0.00509 e. The van der Waals surface area contributed by atoms with E-state index in [-0.39, 0.29) is 0 Å². The quantitative estimate of drug-likeness (QED) is 0.635. The van der Waals surface area contributed by atoms with Gasteiger partial charge in [0.15, 0.2) is 0 Å². The van der Waals surface area contributed by atoms with Crippen LogP contribution in [0.25, 0.3) is 0 Å². The minimum atomic E-state index is 0.413. The lowest BCUT2D eigenvalue weighted by Gasteiger charge is -2.20. The fraction of sp³-hybridized carbons (Fsp3) is 1.00. The minimum Gasteiger partial charge on any atom is -0.328 e. The maximum absolute atomic E-state index is 5.92. The van der Waals surface area contributed by atoms with E-state index in [9.17, 15) is 0 Å². The normalized spacial score (nSPS) is 13.8. The van der Waals surface area contributed by atoms with E-state index >= 15 is 0 Å². The fourth-order valence-electron chi connectivity index (χ4n) is 1.40. The molecule has 0 aromatic rings. The number of hydrogen-bond acceptors (Lipinski definition) is 2. The van der Waals surface area contributed by atoms with Crippen LogP contribution in [0.4, 0.5) is 0 Å². The van der Waals surface area contributed by atoms with Gasteiger partial charge in [0, 0.05) is 6.04 Å². The van der Waals surface area contributed by atoms with Gasteiger partial charge in [0.05, 0.1) is 0 Å². The molecule has 12 heavy (non-hydrogen) atoms. The van der Waals surface area contributed by atoms with Gasteiger partial charge in [0.2, 0.25) is 0 Å². The van der Waals surface area contributed by atoms with Crippen LogP contribution >= 0.6 is 0 Å². The van der Waals surface area contributed by atoms with Crippen molar-refractivity contribution in [1.29, 1.82) is 0 Å². The van der Waals surface area contributed by atoms with E-state index in [1.807, 2.05) is 0 Å². The second-order valence-electron chi connectivity index (χ2n) is 3.36. The highest BCUT2D eigenvalue weighted by Gasteiger charge is 2.03. The largest absolute Gasteiger partial charge is 0.328 e. The van der Waals surface area contributed by atoms with Crippen molar-refractivity contribution in [2.45, 2.75) is 46.1 Å². The molecular weight excluding hydrogens is 148 g/mol. The molecule has 0 aromatic heterocycles. The molecule has 2 heteroatoms. The van der Waals surface area contributed by atoms with Crippen molar-refractivity contribution in [3.8, 4) is 0 Å². The van der Waals surface area contributed by atoms with Crippen molar-refractivity contribution < 1.29 is 0 Å². The third-order valence-corrected chi connectivity index (χ3v) is 2.37. The zero-order valence-corrected chi connectivity index (χ0v) is 8.84. The Balaban J connectivity index is 3.37. The van der Waals surface area contributed by atoms with E-state index in [0.717, 1.165) is 26.1 Å². The molecule has 0 aliphatic heterocycles. The second-order valence-corrected chi connectivity index (χ2v) is 3.36. The molecule has 1 atom stereocenters. The Kier molecular flexibility index (Phi) is 7.51.